The number of ether oxygens (including phenoxy) is 1. The number of anilines is 1. The van der Waals surface area contributed by atoms with Gasteiger partial charge in [-0.15, -0.1) is 0 Å². The van der Waals surface area contributed by atoms with Gasteiger partial charge in [0.25, 0.3) is 5.56 Å². The zero-order chi connectivity index (χ0) is 15.7. The minimum Gasteiger partial charge on any atom is -0.491 e. The number of rotatable bonds is 3. The van der Waals surface area contributed by atoms with Crippen molar-refractivity contribution < 1.29 is 4.74 Å². The quantitative estimate of drug-likeness (QED) is 0.453. The first kappa shape index (κ1) is 14.4. The fourth-order valence-electron chi connectivity index (χ4n) is 2.20. The molecule has 2 heterocycles. The molecule has 0 amide bonds. The highest BCUT2D eigenvalue weighted by Gasteiger charge is 2.14. The maximum absolute atomic E-state index is 12.7. The standard InChI is InChI=1S/C15H14N4O2S/c1-21-12-6-9-8-17-15(22-2)18-13(9)19(14(12)20)11-5-3-4-10(16)7-11/h3-8H,16H2,1-2H3. The molecule has 2 aromatic heterocycles. The van der Waals surface area contributed by atoms with Crippen LogP contribution >= 0.6 is 11.8 Å². The van der Waals surface area contributed by atoms with Gasteiger partial charge in [0.05, 0.1) is 12.8 Å². The number of aromatic nitrogens is 3. The second-order valence-electron chi connectivity index (χ2n) is 4.58. The number of pyridine rings is 1. The van der Waals surface area contributed by atoms with Gasteiger partial charge >= 0.3 is 0 Å². The molecule has 3 aromatic rings. The van der Waals surface area contributed by atoms with Crippen LogP contribution in [0, 0.1) is 0 Å². The Kier molecular flexibility index (Phi) is 3.72. The molecule has 0 aliphatic carbocycles. The number of nitrogens with two attached hydrogens (primary N) is 1. The lowest BCUT2D eigenvalue weighted by Gasteiger charge is -2.12. The predicted molar refractivity (Wildman–Crippen MR) is 87.9 cm³/mol. The summed E-state index contributed by atoms with van der Waals surface area (Å²) in [4.78, 5) is 21.3. The van der Waals surface area contributed by atoms with Gasteiger partial charge in [-0.3, -0.25) is 9.36 Å². The molecule has 0 atom stereocenters. The molecule has 1 aromatic carbocycles. The Balaban J connectivity index is 2.43. The van der Waals surface area contributed by atoms with Crippen LogP contribution in [0.25, 0.3) is 16.7 Å². The molecule has 0 aliphatic heterocycles. The van der Waals surface area contributed by atoms with Crippen LogP contribution in [0.3, 0.4) is 0 Å². The van der Waals surface area contributed by atoms with Crippen molar-refractivity contribution in [2.45, 2.75) is 5.16 Å². The lowest BCUT2D eigenvalue weighted by atomic mass is 10.2. The van der Waals surface area contributed by atoms with Crippen molar-refractivity contribution in [3.63, 3.8) is 0 Å². The Morgan fingerprint density at radius 2 is 2.14 bits per heavy atom. The average molecular weight is 314 g/mol. The van der Waals surface area contributed by atoms with Crippen LogP contribution in [0.5, 0.6) is 5.75 Å². The maximum atomic E-state index is 12.7. The third-order valence-electron chi connectivity index (χ3n) is 3.22. The molecule has 7 heteroatoms. The van der Waals surface area contributed by atoms with Crippen molar-refractivity contribution >= 4 is 28.5 Å². The van der Waals surface area contributed by atoms with Gasteiger partial charge in [-0.1, -0.05) is 17.8 Å². The van der Waals surface area contributed by atoms with Crippen LogP contribution < -0.4 is 16.0 Å². The van der Waals surface area contributed by atoms with E-state index in [-0.39, 0.29) is 11.3 Å². The molecule has 0 unspecified atom stereocenters. The van der Waals surface area contributed by atoms with E-state index in [0.717, 1.165) is 5.39 Å². The summed E-state index contributed by atoms with van der Waals surface area (Å²) in [6.45, 7) is 0. The Morgan fingerprint density at radius 3 is 2.82 bits per heavy atom. The maximum Gasteiger partial charge on any atom is 0.299 e. The van der Waals surface area contributed by atoms with E-state index in [1.165, 1.54) is 23.4 Å². The van der Waals surface area contributed by atoms with Crippen molar-refractivity contribution in [1.29, 1.82) is 0 Å². The number of hydrogen-bond acceptors (Lipinski definition) is 6. The Morgan fingerprint density at radius 1 is 1.32 bits per heavy atom. The first-order chi connectivity index (χ1) is 10.6. The Labute approximate surface area is 131 Å². The number of hydrogen-bond donors (Lipinski definition) is 1. The molecular formula is C15H14N4O2S. The molecule has 0 bridgehead atoms. The number of nitrogen functional groups attached to an aromatic ring is 1. The first-order valence-corrected chi connectivity index (χ1v) is 7.73. The Hall–Kier alpha value is -2.54. The molecule has 0 spiro atoms. The van der Waals surface area contributed by atoms with Crippen LogP contribution in [-0.4, -0.2) is 27.9 Å². The van der Waals surface area contributed by atoms with Crippen molar-refractivity contribution in [3.8, 4) is 11.4 Å². The van der Waals surface area contributed by atoms with E-state index in [0.29, 0.717) is 22.2 Å². The van der Waals surface area contributed by atoms with Crippen molar-refractivity contribution in [2.75, 3.05) is 19.1 Å². The monoisotopic (exact) mass is 314 g/mol. The largest absolute Gasteiger partial charge is 0.491 e. The lowest BCUT2D eigenvalue weighted by molar-refractivity contribution is 0.407. The van der Waals surface area contributed by atoms with E-state index < -0.39 is 0 Å². The Bertz CT molecular complexity index is 908. The third kappa shape index (κ3) is 2.39. The summed E-state index contributed by atoms with van der Waals surface area (Å²) in [7, 11) is 1.46. The van der Waals surface area contributed by atoms with Gasteiger partial charge in [0.1, 0.15) is 0 Å². The van der Waals surface area contributed by atoms with Crippen LogP contribution in [0.15, 0.2) is 46.5 Å². The van der Waals surface area contributed by atoms with Gasteiger partial charge < -0.3 is 10.5 Å². The molecule has 0 aliphatic rings. The van der Waals surface area contributed by atoms with Crippen LogP contribution in [0.1, 0.15) is 0 Å². The first-order valence-electron chi connectivity index (χ1n) is 6.50. The molecule has 0 radical (unpaired) electrons. The van der Waals surface area contributed by atoms with Gasteiger partial charge in [0, 0.05) is 17.3 Å². The summed E-state index contributed by atoms with van der Waals surface area (Å²) in [5.74, 6) is 0.232. The van der Waals surface area contributed by atoms with Crippen molar-refractivity contribution in [2.24, 2.45) is 0 Å². The summed E-state index contributed by atoms with van der Waals surface area (Å²) in [6, 6.07) is 8.72. The summed E-state index contributed by atoms with van der Waals surface area (Å²) < 4.78 is 6.67. The predicted octanol–water partition coefficient (Wildman–Crippen LogP) is 2.09. The number of benzene rings is 1. The average Bonchev–Trinajstić information content (AvgIpc) is 2.53. The molecular weight excluding hydrogens is 300 g/mol. The van der Waals surface area contributed by atoms with Gasteiger partial charge in [0.15, 0.2) is 16.6 Å². The minimum absolute atomic E-state index is 0.232. The van der Waals surface area contributed by atoms with Gasteiger partial charge in [0.2, 0.25) is 0 Å². The molecule has 0 fully saturated rings. The minimum atomic E-state index is -0.286. The lowest BCUT2D eigenvalue weighted by Crippen LogP contribution is -2.21. The smallest absolute Gasteiger partial charge is 0.299 e. The fraction of sp³-hybridized carbons (Fsp3) is 0.133. The zero-order valence-corrected chi connectivity index (χ0v) is 12.9. The van der Waals surface area contributed by atoms with E-state index in [2.05, 4.69) is 9.97 Å². The van der Waals surface area contributed by atoms with Crippen LogP contribution in [0.2, 0.25) is 0 Å². The van der Waals surface area contributed by atoms with Gasteiger partial charge in [-0.25, -0.2) is 9.97 Å². The number of fused-ring (bicyclic) bond motifs is 1. The highest BCUT2D eigenvalue weighted by molar-refractivity contribution is 7.98. The molecule has 0 saturated heterocycles. The van der Waals surface area contributed by atoms with Crippen molar-refractivity contribution in [3.05, 3.63) is 46.9 Å². The molecule has 112 valence electrons. The fourth-order valence-corrected chi connectivity index (χ4v) is 2.54. The van der Waals surface area contributed by atoms with E-state index >= 15 is 0 Å². The van der Waals surface area contributed by atoms with E-state index in [1.807, 2.05) is 6.26 Å². The molecule has 22 heavy (non-hydrogen) atoms. The normalized spacial score (nSPS) is 10.8. The second-order valence-corrected chi connectivity index (χ2v) is 5.36. The summed E-state index contributed by atoms with van der Waals surface area (Å²) in [5, 5.41) is 1.31. The van der Waals surface area contributed by atoms with Gasteiger partial charge in [-0.2, -0.15) is 0 Å². The van der Waals surface area contributed by atoms with Crippen molar-refractivity contribution in [1.82, 2.24) is 14.5 Å². The summed E-state index contributed by atoms with van der Waals surface area (Å²) in [5.41, 5.74) is 7.28. The molecule has 0 saturated carbocycles. The number of nitrogens with zero attached hydrogens (tertiary/aromatic N) is 3. The van der Waals surface area contributed by atoms with E-state index in [4.69, 9.17) is 10.5 Å². The number of methoxy groups -OCH3 is 1. The SMILES string of the molecule is COc1cc2cnc(SC)nc2n(-c2cccc(N)c2)c1=O. The summed E-state index contributed by atoms with van der Waals surface area (Å²) in [6.07, 6.45) is 3.56. The van der Waals surface area contributed by atoms with Gasteiger partial charge in [-0.05, 0) is 30.5 Å². The van der Waals surface area contributed by atoms with Crippen LogP contribution in [-0.2, 0) is 0 Å². The summed E-state index contributed by atoms with van der Waals surface area (Å²) >= 11 is 1.41. The van der Waals surface area contributed by atoms with E-state index in [1.54, 1.807) is 36.5 Å². The van der Waals surface area contributed by atoms with E-state index in [9.17, 15) is 4.79 Å². The third-order valence-corrected chi connectivity index (χ3v) is 3.78. The second kappa shape index (κ2) is 5.69. The molecule has 6 nitrogen and oxygen atoms in total. The van der Waals surface area contributed by atoms with Crippen LogP contribution in [0.4, 0.5) is 5.69 Å². The molecule has 3 rings (SSSR count). The highest BCUT2D eigenvalue weighted by Crippen LogP contribution is 2.21. The zero-order valence-electron chi connectivity index (χ0n) is 12.1. The molecule has 2 N–H and O–H groups in total. The number of thioether (sulfide) groups is 1. The topological polar surface area (TPSA) is 83.0 Å². The highest BCUT2D eigenvalue weighted by atomic mass is 32.2.